The van der Waals surface area contributed by atoms with Crippen LogP contribution in [0.1, 0.15) is 42.6 Å². The smallest absolute Gasteiger partial charge is 0.412 e. The maximum absolute atomic E-state index is 12.4. The fourth-order valence-electron chi connectivity index (χ4n) is 4.05. The highest BCUT2D eigenvalue weighted by Crippen LogP contribution is 2.29. The average Bonchev–Trinajstić information content (AvgIpc) is 3.38. The van der Waals surface area contributed by atoms with Gasteiger partial charge in [0.25, 0.3) is 0 Å². The maximum Gasteiger partial charge on any atom is 0.412 e. The number of carbonyl (C=O) groups excluding carboxylic acids is 3. The Bertz CT molecular complexity index is 1040. The highest BCUT2D eigenvalue weighted by atomic mass is 16.6. The second-order valence-corrected chi connectivity index (χ2v) is 8.78. The van der Waals surface area contributed by atoms with E-state index in [4.69, 9.17) is 14.2 Å². The van der Waals surface area contributed by atoms with Gasteiger partial charge in [-0.25, -0.2) is 9.59 Å². The van der Waals surface area contributed by atoms with E-state index in [1.165, 1.54) is 12.5 Å². The minimum Gasteiger partial charge on any atom is -0.441 e. The van der Waals surface area contributed by atoms with Crippen LogP contribution in [0.2, 0.25) is 0 Å². The molecule has 2 saturated heterocycles. The number of benzene rings is 2. The lowest BCUT2D eigenvalue weighted by atomic mass is 10.0. The van der Waals surface area contributed by atoms with Gasteiger partial charge in [0, 0.05) is 16.9 Å². The third-order valence-corrected chi connectivity index (χ3v) is 5.96. The zero-order valence-electron chi connectivity index (χ0n) is 19.4. The molecule has 0 saturated carbocycles. The first kappa shape index (κ1) is 23.7. The van der Waals surface area contributed by atoms with Crippen LogP contribution in [0.15, 0.2) is 48.5 Å². The first-order chi connectivity index (χ1) is 16.3. The highest BCUT2D eigenvalue weighted by molar-refractivity contribution is 5.95. The Morgan fingerprint density at radius 2 is 1.50 bits per heavy atom. The number of hydrogen-bond donors (Lipinski definition) is 3. The quantitative estimate of drug-likeness (QED) is 0.555. The number of Topliss-reactive ketones (excluding diaryl/α,β-unsaturated/α-hetero) is 1. The largest absolute Gasteiger partial charge is 0.441 e. The molecule has 3 N–H and O–H groups in total. The highest BCUT2D eigenvalue weighted by Gasteiger charge is 2.50. The first-order valence-corrected chi connectivity index (χ1v) is 11.3. The van der Waals surface area contributed by atoms with E-state index in [2.05, 4.69) is 29.8 Å². The van der Waals surface area contributed by atoms with Crippen LogP contribution in [0, 0.1) is 0 Å². The lowest BCUT2D eigenvalue weighted by Gasteiger charge is -2.18. The fourth-order valence-corrected chi connectivity index (χ4v) is 4.05. The number of urea groups is 1. The first-order valence-electron chi connectivity index (χ1n) is 11.3. The van der Waals surface area contributed by atoms with Crippen molar-refractivity contribution in [3.8, 4) is 0 Å². The normalized spacial score (nSPS) is 23.3. The number of anilines is 2. The van der Waals surface area contributed by atoms with Gasteiger partial charge < -0.3 is 24.8 Å². The zero-order chi connectivity index (χ0) is 24.2. The molecule has 9 nitrogen and oxygen atoms in total. The standard InChI is InChI=1S/C25H29N3O6/c1-14(2)16-4-8-19(9-5-16)27-25(31)34-21-13-33-22-20(12-32-23(21)22)28-24(30)26-18-10-6-17(7-11-18)15(3)29/h4-11,14,20-23H,12-13H2,1-3H3,(H,27,31)(H2,26,28,30). The predicted molar refractivity (Wildman–Crippen MR) is 126 cm³/mol. The molecule has 2 heterocycles. The number of ether oxygens (including phenoxy) is 3. The number of fused-ring (bicyclic) bond motifs is 1. The van der Waals surface area contributed by atoms with Crippen molar-refractivity contribution in [3.05, 3.63) is 59.7 Å². The van der Waals surface area contributed by atoms with Gasteiger partial charge in [0.15, 0.2) is 11.9 Å². The molecule has 2 aromatic rings. The molecule has 0 bridgehead atoms. The summed E-state index contributed by atoms with van der Waals surface area (Å²) in [6, 6.07) is 13.4. The van der Waals surface area contributed by atoms with Crippen molar-refractivity contribution in [2.75, 3.05) is 23.8 Å². The molecule has 0 spiro atoms. The summed E-state index contributed by atoms with van der Waals surface area (Å²) in [7, 11) is 0. The number of amides is 3. The van der Waals surface area contributed by atoms with Crippen molar-refractivity contribution in [2.24, 2.45) is 0 Å². The minimum atomic E-state index is -0.585. The van der Waals surface area contributed by atoms with E-state index in [1.807, 2.05) is 24.3 Å². The van der Waals surface area contributed by atoms with E-state index in [9.17, 15) is 14.4 Å². The molecule has 34 heavy (non-hydrogen) atoms. The van der Waals surface area contributed by atoms with Crippen LogP contribution in [-0.4, -0.2) is 55.5 Å². The molecular formula is C25H29N3O6. The van der Waals surface area contributed by atoms with Crippen molar-refractivity contribution >= 4 is 29.3 Å². The second kappa shape index (κ2) is 10.2. The number of nitrogens with one attached hydrogen (secondary N) is 3. The molecule has 2 aliphatic rings. The SMILES string of the molecule is CC(=O)c1ccc(NC(=O)NC2COC3C(OC(=O)Nc4ccc(C(C)C)cc4)COC23)cc1. The van der Waals surface area contributed by atoms with Gasteiger partial charge in [0.05, 0.1) is 19.3 Å². The Hall–Kier alpha value is -3.43. The van der Waals surface area contributed by atoms with E-state index in [0.717, 1.165) is 0 Å². The molecule has 2 aliphatic heterocycles. The summed E-state index contributed by atoms with van der Waals surface area (Å²) in [5.74, 6) is 0.363. The monoisotopic (exact) mass is 467 g/mol. The van der Waals surface area contributed by atoms with E-state index < -0.39 is 30.4 Å². The van der Waals surface area contributed by atoms with Gasteiger partial charge in [-0.05, 0) is 54.8 Å². The topological polar surface area (TPSA) is 115 Å². The molecule has 3 amide bonds. The number of hydrogen-bond acceptors (Lipinski definition) is 6. The van der Waals surface area contributed by atoms with Gasteiger partial charge in [0.2, 0.25) is 0 Å². The molecule has 2 fully saturated rings. The van der Waals surface area contributed by atoms with Crippen LogP contribution in [0.25, 0.3) is 0 Å². The Morgan fingerprint density at radius 1 is 0.882 bits per heavy atom. The summed E-state index contributed by atoms with van der Waals surface area (Å²) in [4.78, 5) is 36.1. The van der Waals surface area contributed by atoms with Crippen LogP contribution in [-0.2, 0) is 14.2 Å². The zero-order valence-corrected chi connectivity index (χ0v) is 19.4. The van der Waals surface area contributed by atoms with Gasteiger partial charge in [-0.2, -0.15) is 0 Å². The second-order valence-electron chi connectivity index (χ2n) is 8.78. The van der Waals surface area contributed by atoms with E-state index in [-0.39, 0.29) is 25.0 Å². The molecule has 180 valence electrons. The van der Waals surface area contributed by atoms with Gasteiger partial charge >= 0.3 is 12.1 Å². The Kier molecular flexibility index (Phi) is 7.14. The molecule has 0 aliphatic carbocycles. The molecule has 4 atom stereocenters. The van der Waals surface area contributed by atoms with Gasteiger partial charge in [0.1, 0.15) is 12.2 Å². The number of carbonyl (C=O) groups is 3. The third kappa shape index (κ3) is 5.55. The summed E-state index contributed by atoms with van der Waals surface area (Å²) in [5, 5.41) is 8.29. The van der Waals surface area contributed by atoms with Crippen molar-refractivity contribution < 1.29 is 28.6 Å². The van der Waals surface area contributed by atoms with E-state index in [0.29, 0.717) is 22.9 Å². The third-order valence-electron chi connectivity index (χ3n) is 5.96. The number of ketones is 1. The van der Waals surface area contributed by atoms with E-state index in [1.54, 1.807) is 24.3 Å². The lowest BCUT2D eigenvalue weighted by molar-refractivity contribution is 0.00873. The molecule has 0 radical (unpaired) electrons. The number of rotatable bonds is 6. The fraction of sp³-hybridized carbons (Fsp3) is 0.400. The average molecular weight is 468 g/mol. The summed E-state index contributed by atoms with van der Waals surface area (Å²) in [5.41, 5.74) is 2.95. The summed E-state index contributed by atoms with van der Waals surface area (Å²) >= 11 is 0. The van der Waals surface area contributed by atoms with Gasteiger partial charge in [-0.15, -0.1) is 0 Å². The van der Waals surface area contributed by atoms with Crippen LogP contribution in [0.4, 0.5) is 21.0 Å². The summed E-state index contributed by atoms with van der Waals surface area (Å²) in [6.45, 7) is 6.12. The Balaban J connectivity index is 1.26. The van der Waals surface area contributed by atoms with Crippen molar-refractivity contribution in [1.82, 2.24) is 5.32 Å². The van der Waals surface area contributed by atoms with Crippen molar-refractivity contribution in [3.63, 3.8) is 0 Å². The van der Waals surface area contributed by atoms with Crippen molar-refractivity contribution in [1.29, 1.82) is 0 Å². The molecule has 2 aromatic carbocycles. The van der Waals surface area contributed by atoms with Crippen LogP contribution >= 0.6 is 0 Å². The van der Waals surface area contributed by atoms with Gasteiger partial charge in [-0.3, -0.25) is 10.1 Å². The summed E-state index contributed by atoms with van der Waals surface area (Å²) < 4.78 is 17.1. The molecule has 0 aromatic heterocycles. The van der Waals surface area contributed by atoms with E-state index >= 15 is 0 Å². The van der Waals surface area contributed by atoms with Crippen LogP contribution in [0.3, 0.4) is 0 Å². The minimum absolute atomic E-state index is 0.0435. The van der Waals surface area contributed by atoms with Crippen molar-refractivity contribution in [2.45, 2.75) is 51.0 Å². The van der Waals surface area contributed by atoms with Gasteiger partial charge in [-0.1, -0.05) is 26.0 Å². The lowest BCUT2D eigenvalue weighted by Crippen LogP contribution is -2.46. The Labute approximate surface area is 198 Å². The maximum atomic E-state index is 12.4. The Morgan fingerprint density at radius 3 is 2.15 bits per heavy atom. The molecule has 4 unspecified atom stereocenters. The summed E-state index contributed by atoms with van der Waals surface area (Å²) in [6.07, 6.45) is -2.05. The molecule has 4 rings (SSSR count). The molecular weight excluding hydrogens is 438 g/mol. The van der Waals surface area contributed by atoms with Crippen LogP contribution in [0.5, 0.6) is 0 Å². The van der Waals surface area contributed by atoms with Crippen LogP contribution < -0.4 is 16.0 Å². The predicted octanol–water partition coefficient (Wildman–Crippen LogP) is 3.92. The molecule has 9 heteroatoms.